The summed E-state index contributed by atoms with van der Waals surface area (Å²) in [7, 11) is -3.12. The van der Waals surface area contributed by atoms with Gasteiger partial charge in [0, 0.05) is 30.8 Å². The predicted octanol–water partition coefficient (Wildman–Crippen LogP) is -0.211. The van der Waals surface area contributed by atoms with Crippen LogP contribution in [0.3, 0.4) is 0 Å². The van der Waals surface area contributed by atoms with Crippen molar-refractivity contribution in [3.8, 4) is 0 Å². The monoisotopic (exact) mass is 299 g/mol. The quantitative estimate of drug-likeness (QED) is 0.804. The number of hydrogen-bond acceptors (Lipinski definition) is 5. The van der Waals surface area contributed by atoms with E-state index in [0.717, 1.165) is 25.1 Å². The third-order valence-corrected chi connectivity index (χ3v) is 5.26. The Kier molecular flexibility index (Phi) is 3.51. The van der Waals surface area contributed by atoms with E-state index in [-0.39, 0.29) is 29.2 Å². The lowest BCUT2D eigenvalue weighted by Gasteiger charge is -2.13. The summed E-state index contributed by atoms with van der Waals surface area (Å²) in [6, 6.07) is 0. The number of hydrogen-bond donors (Lipinski definition) is 2. The molecule has 1 amide bonds. The highest BCUT2D eigenvalue weighted by Gasteiger charge is 2.29. The fourth-order valence-corrected chi connectivity index (χ4v) is 4.01. The van der Waals surface area contributed by atoms with Crippen LogP contribution >= 0.6 is 0 Å². The van der Waals surface area contributed by atoms with Gasteiger partial charge in [0.2, 0.25) is 0 Å². The normalized spacial score (nSPS) is 24.3. The zero-order chi connectivity index (χ0) is 14.2. The van der Waals surface area contributed by atoms with Gasteiger partial charge in [-0.3, -0.25) is 9.89 Å². The first-order valence-electron chi connectivity index (χ1n) is 6.71. The second-order valence-electron chi connectivity index (χ2n) is 5.22. The number of nitrogens with one attached hydrogen (secondary N) is 2. The van der Waals surface area contributed by atoms with Crippen LogP contribution in [0.2, 0.25) is 0 Å². The number of ether oxygens (including phenoxy) is 1. The maximum Gasteiger partial charge on any atom is 0.272 e. The molecule has 0 radical (unpaired) electrons. The molecular weight excluding hydrogens is 282 g/mol. The van der Waals surface area contributed by atoms with Gasteiger partial charge < -0.3 is 10.1 Å². The number of aromatic nitrogens is 2. The molecular formula is C12H17N3O4S. The van der Waals surface area contributed by atoms with E-state index in [4.69, 9.17) is 4.74 Å². The Morgan fingerprint density at radius 1 is 1.50 bits per heavy atom. The molecule has 110 valence electrons. The molecule has 0 aliphatic carbocycles. The van der Waals surface area contributed by atoms with Crippen molar-refractivity contribution in [3.63, 3.8) is 0 Å². The van der Waals surface area contributed by atoms with Gasteiger partial charge in [0.15, 0.2) is 15.5 Å². The molecule has 3 rings (SSSR count). The van der Waals surface area contributed by atoms with Crippen molar-refractivity contribution in [1.82, 2.24) is 15.5 Å². The second-order valence-corrected chi connectivity index (χ2v) is 7.40. The molecule has 2 aliphatic rings. The summed E-state index contributed by atoms with van der Waals surface area (Å²) >= 11 is 0. The number of rotatable bonds is 3. The first kappa shape index (κ1) is 13.6. The number of nitrogens with zero attached hydrogens (tertiary/aromatic N) is 1. The number of H-pyrrole nitrogens is 1. The molecule has 0 unspecified atom stereocenters. The summed E-state index contributed by atoms with van der Waals surface area (Å²) in [5, 5.41) is 9.50. The number of aryl methyl sites for hydroxylation is 1. The fraction of sp³-hybridized carbons (Fsp3) is 0.667. The van der Waals surface area contributed by atoms with Crippen LogP contribution in [-0.2, 0) is 26.7 Å². The van der Waals surface area contributed by atoms with Gasteiger partial charge in [-0.15, -0.1) is 0 Å². The standard InChI is InChI=1S/C12H17N3O4S/c16-12(13-6-8-2-1-4-19-8)11-9-7-20(17,18)5-3-10(9)14-15-11/h8H,1-7H2,(H,13,16)(H,14,15)/t8-/m1/s1. The van der Waals surface area contributed by atoms with Crippen molar-refractivity contribution >= 4 is 15.7 Å². The Morgan fingerprint density at radius 3 is 3.10 bits per heavy atom. The molecule has 1 atom stereocenters. The van der Waals surface area contributed by atoms with Crippen LogP contribution in [0.5, 0.6) is 0 Å². The van der Waals surface area contributed by atoms with Gasteiger partial charge in [0.05, 0.1) is 17.6 Å². The average Bonchev–Trinajstić information content (AvgIpc) is 3.03. The largest absolute Gasteiger partial charge is 0.376 e. The molecule has 2 N–H and O–H groups in total. The Morgan fingerprint density at radius 2 is 2.35 bits per heavy atom. The van der Waals surface area contributed by atoms with Crippen LogP contribution in [-0.4, -0.2) is 49.5 Å². The van der Waals surface area contributed by atoms with E-state index in [9.17, 15) is 13.2 Å². The van der Waals surface area contributed by atoms with E-state index in [0.29, 0.717) is 18.5 Å². The molecule has 1 aromatic heterocycles. The van der Waals surface area contributed by atoms with Crippen molar-refractivity contribution in [2.45, 2.75) is 31.1 Å². The Bertz CT molecular complexity index is 617. The summed E-state index contributed by atoms with van der Waals surface area (Å²) in [6.45, 7) is 1.17. The van der Waals surface area contributed by atoms with Crippen LogP contribution in [0.25, 0.3) is 0 Å². The maximum atomic E-state index is 12.1. The zero-order valence-electron chi connectivity index (χ0n) is 11.0. The lowest BCUT2D eigenvalue weighted by atomic mass is 10.1. The number of aromatic amines is 1. The van der Waals surface area contributed by atoms with Gasteiger partial charge in [-0.2, -0.15) is 5.10 Å². The molecule has 2 aliphatic heterocycles. The predicted molar refractivity (Wildman–Crippen MR) is 71.1 cm³/mol. The number of sulfone groups is 1. The van der Waals surface area contributed by atoms with Gasteiger partial charge >= 0.3 is 0 Å². The van der Waals surface area contributed by atoms with E-state index < -0.39 is 9.84 Å². The lowest BCUT2D eigenvalue weighted by molar-refractivity contribution is 0.0853. The molecule has 7 nitrogen and oxygen atoms in total. The lowest BCUT2D eigenvalue weighted by Crippen LogP contribution is -2.33. The van der Waals surface area contributed by atoms with Crippen LogP contribution < -0.4 is 5.32 Å². The van der Waals surface area contributed by atoms with Gasteiger partial charge in [-0.25, -0.2) is 8.42 Å². The van der Waals surface area contributed by atoms with Crippen LogP contribution in [0.15, 0.2) is 0 Å². The van der Waals surface area contributed by atoms with E-state index in [1.165, 1.54) is 0 Å². The minimum absolute atomic E-state index is 0.0532. The van der Waals surface area contributed by atoms with E-state index in [1.807, 2.05) is 0 Å². The number of fused-ring (bicyclic) bond motifs is 1. The molecule has 3 heterocycles. The summed E-state index contributed by atoms with van der Waals surface area (Å²) in [5.41, 5.74) is 1.46. The van der Waals surface area contributed by atoms with Crippen LogP contribution in [0.1, 0.15) is 34.6 Å². The van der Waals surface area contributed by atoms with Gasteiger partial charge in [-0.1, -0.05) is 0 Å². The minimum atomic E-state index is -3.12. The van der Waals surface area contributed by atoms with Gasteiger partial charge in [-0.05, 0) is 12.8 Å². The number of carbonyl (C=O) groups is 1. The molecule has 1 fully saturated rings. The van der Waals surface area contributed by atoms with Crippen molar-refractivity contribution in [2.24, 2.45) is 0 Å². The summed E-state index contributed by atoms with van der Waals surface area (Å²) in [4.78, 5) is 12.1. The maximum absolute atomic E-state index is 12.1. The molecule has 0 aromatic carbocycles. The first-order valence-corrected chi connectivity index (χ1v) is 8.53. The average molecular weight is 299 g/mol. The third kappa shape index (κ3) is 2.71. The van der Waals surface area contributed by atoms with Gasteiger partial charge in [0.25, 0.3) is 5.91 Å². The highest BCUT2D eigenvalue weighted by atomic mass is 32.2. The van der Waals surface area contributed by atoms with E-state index in [1.54, 1.807) is 0 Å². The molecule has 0 saturated carbocycles. The Balaban J connectivity index is 1.71. The Hall–Kier alpha value is -1.41. The van der Waals surface area contributed by atoms with Crippen molar-refractivity contribution in [2.75, 3.05) is 18.9 Å². The van der Waals surface area contributed by atoms with E-state index >= 15 is 0 Å². The highest BCUT2D eigenvalue weighted by molar-refractivity contribution is 7.90. The summed E-state index contributed by atoms with van der Waals surface area (Å²) in [5.74, 6) is -0.337. The number of carbonyl (C=O) groups excluding carboxylic acids is 1. The zero-order valence-corrected chi connectivity index (χ0v) is 11.8. The summed E-state index contributed by atoms with van der Waals surface area (Å²) < 4.78 is 28.7. The number of amides is 1. The molecule has 20 heavy (non-hydrogen) atoms. The molecule has 0 spiro atoms. The third-order valence-electron chi connectivity index (χ3n) is 3.71. The molecule has 8 heteroatoms. The molecule has 0 bridgehead atoms. The van der Waals surface area contributed by atoms with Gasteiger partial charge in [0.1, 0.15) is 0 Å². The Labute approximate surface area is 117 Å². The molecule has 1 saturated heterocycles. The van der Waals surface area contributed by atoms with E-state index in [2.05, 4.69) is 15.5 Å². The van der Waals surface area contributed by atoms with Crippen LogP contribution in [0.4, 0.5) is 0 Å². The van der Waals surface area contributed by atoms with Crippen molar-refractivity contribution < 1.29 is 17.9 Å². The summed E-state index contributed by atoms with van der Waals surface area (Å²) in [6.07, 6.45) is 2.39. The fourth-order valence-electron chi connectivity index (χ4n) is 2.60. The molecule has 1 aromatic rings. The van der Waals surface area contributed by atoms with Crippen LogP contribution in [0, 0.1) is 0 Å². The topological polar surface area (TPSA) is 101 Å². The highest BCUT2D eigenvalue weighted by Crippen LogP contribution is 2.22. The first-order chi connectivity index (χ1) is 9.55. The SMILES string of the molecule is O=C(NC[C@H]1CCCO1)c1n[nH]c2c1CS(=O)(=O)CC2. The second kappa shape index (κ2) is 5.17. The van der Waals surface area contributed by atoms with Crippen molar-refractivity contribution in [1.29, 1.82) is 0 Å². The minimum Gasteiger partial charge on any atom is -0.376 e. The smallest absolute Gasteiger partial charge is 0.272 e. The van der Waals surface area contributed by atoms with Crippen molar-refractivity contribution in [3.05, 3.63) is 17.0 Å².